The Kier molecular flexibility index (Phi) is 5.29. The molecule has 31 heavy (non-hydrogen) atoms. The Bertz CT molecular complexity index is 1140. The number of hydrogen-bond acceptors (Lipinski definition) is 7. The summed E-state index contributed by atoms with van der Waals surface area (Å²) in [5.74, 6) is -1.72. The molecule has 158 valence electrons. The van der Waals surface area contributed by atoms with Crippen molar-refractivity contribution in [3.8, 4) is 0 Å². The van der Waals surface area contributed by atoms with Gasteiger partial charge in [0.05, 0.1) is 18.0 Å². The molecule has 4 rings (SSSR count). The largest absolute Gasteiger partial charge is 0.465 e. The molecule has 0 saturated heterocycles. The molecular formula is C23H20N2O6. The van der Waals surface area contributed by atoms with E-state index in [1.165, 1.54) is 25.3 Å². The highest BCUT2D eigenvalue weighted by Gasteiger charge is 2.43. The molecule has 0 amide bonds. The van der Waals surface area contributed by atoms with Crippen LogP contribution in [0.15, 0.2) is 77.4 Å². The Morgan fingerprint density at radius 2 is 1.84 bits per heavy atom. The van der Waals surface area contributed by atoms with Crippen molar-refractivity contribution in [2.75, 3.05) is 7.11 Å². The van der Waals surface area contributed by atoms with Gasteiger partial charge in [-0.15, -0.1) is 0 Å². The number of nitro benzene ring substituents is 1. The van der Waals surface area contributed by atoms with E-state index in [2.05, 4.69) is 0 Å². The van der Waals surface area contributed by atoms with Gasteiger partial charge in [0, 0.05) is 30.5 Å². The van der Waals surface area contributed by atoms with E-state index >= 15 is 0 Å². The van der Waals surface area contributed by atoms with Gasteiger partial charge in [0.15, 0.2) is 5.78 Å². The van der Waals surface area contributed by atoms with E-state index in [0.717, 1.165) is 5.56 Å². The number of ketones is 1. The summed E-state index contributed by atoms with van der Waals surface area (Å²) < 4.78 is 10.6. The zero-order valence-electron chi connectivity index (χ0n) is 16.7. The highest BCUT2D eigenvalue weighted by molar-refractivity contribution is 6.03. The van der Waals surface area contributed by atoms with Crippen molar-refractivity contribution >= 4 is 17.4 Å². The van der Waals surface area contributed by atoms with Crippen LogP contribution in [-0.2, 0) is 19.1 Å². The second-order valence-electron chi connectivity index (χ2n) is 7.43. The normalized spacial score (nSPS) is 20.7. The molecule has 2 N–H and O–H groups in total. The molecule has 0 saturated carbocycles. The first kappa shape index (κ1) is 20.3. The van der Waals surface area contributed by atoms with E-state index in [0.29, 0.717) is 23.3 Å². The van der Waals surface area contributed by atoms with Gasteiger partial charge in [-0.05, 0) is 17.0 Å². The van der Waals surface area contributed by atoms with Gasteiger partial charge in [0.1, 0.15) is 11.3 Å². The zero-order valence-corrected chi connectivity index (χ0v) is 16.7. The number of benzene rings is 2. The predicted molar refractivity (Wildman–Crippen MR) is 111 cm³/mol. The number of allylic oxidation sites excluding steroid dienone is 2. The molecule has 8 nitrogen and oxygen atoms in total. The van der Waals surface area contributed by atoms with Crippen molar-refractivity contribution in [1.82, 2.24) is 0 Å². The summed E-state index contributed by atoms with van der Waals surface area (Å²) in [7, 11) is 1.20. The Balaban J connectivity index is 1.84. The number of nitro groups is 1. The Morgan fingerprint density at radius 1 is 1.13 bits per heavy atom. The van der Waals surface area contributed by atoms with E-state index in [1.54, 1.807) is 6.07 Å². The molecule has 2 aromatic rings. The van der Waals surface area contributed by atoms with Crippen LogP contribution in [0.3, 0.4) is 0 Å². The van der Waals surface area contributed by atoms with Crippen molar-refractivity contribution < 1.29 is 24.0 Å². The van der Waals surface area contributed by atoms with Gasteiger partial charge in [0.2, 0.25) is 5.88 Å². The third-order valence-electron chi connectivity index (χ3n) is 5.63. The quantitative estimate of drug-likeness (QED) is 0.457. The molecule has 0 fully saturated rings. The lowest BCUT2D eigenvalue weighted by molar-refractivity contribution is -0.384. The average Bonchev–Trinajstić information content (AvgIpc) is 2.78. The average molecular weight is 420 g/mol. The third-order valence-corrected chi connectivity index (χ3v) is 5.63. The van der Waals surface area contributed by atoms with Crippen LogP contribution in [0, 0.1) is 10.1 Å². The monoisotopic (exact) mass is 420 g/mol. The Hall–Kier alpha value is -3.94. The lowest BCUT2D eigenvalue weighted by Crippen LogP contribution is -2.32. The molecule has 2 aromatic carbocycles. The highest BCUT2D eigenvalue weighted by atomic mass is 16.6. The third kappa shape index (κ3) is 3.68. The second-order valence-corrected chi connectivity index (χ2v) is 7.43. The predicted octanol–water partition coefficient (Wildman–Crippen LogP) is 3.45. The van der Waals surface area contributed by atoms with Crippen molar-refractivity contribution in [3.63, 3.8) is 0 Å². The molecule has 0 radical (unpaired) electrons. The van der Waals surface area contributed by atoms with Crippen molar-refractivity contribution in [3.05, 3.63) is 98.6 Å². The number of ether oxygens (including phenoxy) is 2. The molecule has 2 atom stereocenters. The van der Waals surface area contributed by atoms with Crippen LogP contribution in [0.2, 0.25) is 0 Å². The maximum absolute atomic E-state index is 13.3. The maximum atomic E-state index is 13.3. The van der Waals surface area contributed by atoms with Gasteiger partial charge in [-0.3, -0.25) is 14.9 Å². The first-order valence-corrected chi connectivity index (χ1v) is 9.72. The van der Waals surface area contributed by atoms with Crippen LogP contribution in [0.1, 0.15) is 35.8 Å². The SMILES string of the molecule is COC(=O)C1=C(N)OC2=C(C(=O)C[C@@H](c3ccccc3)C2)[C@@H]1c1cccc([N+](=O)[O-])c1. The fourth-order valence-corrected chi connectivity index (χ4v) is 4.23. The van der Waals surface area contributed by atoms with E-state index in [1.807, 2.05) is 30.3 Å². The molecule has 0 aromatic heterocycles. The van der Waals surface area contributed by atoms with Gasteiger partial charge < -0.3 is 15.2 Å². The van der Waals surface area contributed by atoms with Crippen molar-refractivity contribution in [1.29, 1.82) is 0 Å². The molecule has 8 heteroatoms. The summed E-state index contributed by atoms with van der Waals surface area (Å²) in [5, 5.41) is 11.3. The first-order chi connectivity index (χ1) is 14.9. The van der Waals surface area contributed by atoms with Crippen molar-refractivity contribution in [2.24, 2.45) is 5.73 Å². The van der Waals surface area contributed by atoms with Gasteiger partial charge in [-0.2, -0.15) is 0 Å². The van der Waals surface area contributed by atoms with Crippen LogP contribution in [-0.4, -0.2) is 23.8 Å². The molecule has 1 aliphatic heterocycles. The highest BCUT2D eigenvalue weighted by Crippen LogP contribution is 2.47. The topological polar surface area (TPSA) is 122 Å². The number of non-ortho nitro benzene ring substituents is 1. The lowest BCUT2D eigenvalue weighted by atomic mass is 9.73. The number of carbonyl (C=O) groups is 2. The summed E-state index contributed by atoms with van der Waals surface area (Å²) in [6.45, 7) is 0. The molecule has 1 heterocycles. The maximum Gasteiger partial charge on any atom is 0.340 e. The number of hydrogen-bond donors (Lipinski definition) is 1. The van der Waals surface area contributed by atoms with E-state index in [-0.39, 0.29) is 35.3 Å². The molecule has 0 unspecified atom stereocenters. The number of esters is 1. The van der Waals surface area contributed by atoms with Gasteiger partial charge in [-0.1, -0.05) is 42.5 Å². The van der Waals surface area contributed by atoms with Gasteiger partial charge in [-0.25, -0.2) is 4.79 Å². The minimum absolute atomic E-state index is 0.0340. The summed E-state index contributed by atoms with van der Waals surface area (Å²) in [6.07, 6.45) is 0.650. The summed E-state index contributed by atoms with van der Waals surface area (Å²) >= 11 is 0. The minimum atomic E-state index is -0.902. The fraction of sp³-hybridized carbons (Fsp3) is 0.217. The number of carbonyl (C=O) groups excluding carboxylic acids is 2. The van der Waals surface area contributed by atoms with Crippen LogP contribution in [0.25, 0.3) is 0 Å². The van der Waals surface area contributed by atoms with Crippen molar-refractivity contribution in [2.45, 2.75) is 24.7 Å². The Labute approximate surface area is 178 Å². The standard InChI is InChI=1S/C23H20N2O6/c1-30-23(27)21-19(14-8-5-9-16(10-14)25(28)29)20-17(26)11-15(12-18(20)31-22(21)24)13-6-3-2-4-7-13/h2-10,15,19H,11-12,24H2,1H3/t15-,19+/m1/s1. The minimum Gasteiger partial charge on any atom is -0.465 e. The van der Waals surface area contributed by atoms with Crippen LogP contribution < -0.4 is 5.73 Å². The van der Waals surface area contributed by atoms with Gasteiger partial charge in [0.25, 0.3) is 5.69 Å². The van der Waals surface area contributed by atoms with Gasteiger partial charge >= 0.3 is 5.97 Å². The Morgan fingerprint density at radius 3 is 2.52 bits per heavy atom. The molecule has 0 spiro atoms. The van der Waals surface area contributed by atoms with Crippen LogP contribution in [0.5, 0.6) is 0 Å². The first-order valence-electron chi connectivity index (χ1n) is 9.72. The molecular weight excluding hydrogens is 400 g/mol. The number of rotatable bonds is 4. The van der Waals surface area contributed by atoms with Crippen LogP contribution in [0.4, 0.5) is 5.69 Å². The molecule has 0 bridgehead atoms. The molecule has 2 aliphatic rings. The number of nitrogens with two attached hydrogens (primary N) is 1. The smallest absolute Gasteiger partial charge is 0.340 e. The fourth-order valence-electron chi connectivity index (χ4n) is 4.23. The summed E-state index contributed by atoms with van der Waals surface area (Å²) in [5.41, 5.74) is 7.60. The van der Waals surface area contributed by atoms with E-state index in [4.69, 9.17) is 15.2 Å². The van der Waals surface area contributed by atoms with Crippen LogP contribution >= 0.6 is 0 Å². The summed E-state index contributed by atoms with van der Waals surface area (Å²) in [6, 6.07) is 15.4. The summed E-state index contributed by atoms with van der Waals surface area (Å²) in [4.78, 5) is 36.6. The second kappa shape index (κ2) is 8.06. The van der Waals surface area contributed by atoms with E-state index in [9.17, 15) is 19.7 Å². The number of nitrogens with zero attached hydrogens (tertiary/aromatic N) is 1. The number of methoxy groups -OCH3 is 1. The zero-order chi connectivity index (χ0) is 22.1. The lowest BCUT2D eigenvalue weighted by Gasteiger charge is -2.35. The van der Waals surface area contributed by atoms with E-state index < -0.39 is 16.8 Å². The number of Topliss-reactive ketones (excluding diaryl/α,β-unsaturated/α-hetero) is 1. The molecule has 1 aliphatic carbocycles.